The molecule has 0 saturated carbocycles. The molecule has 1 fully saturated rings. The summed E-state index contributed by atoms with van der Waals surface area (Å²) in [6.45, 7) is 6.40. The van der Waals surface area contributed by atoms with Crippen molar-refractivity contribution in [3.05, 3.63) is 48.0 Å². The molecule has 3 heteroatoms. The first-order valence-electron chi connectivity index (χ1n) is 5.26. The summed E-state index contributed by atoms with van der Waals surface area (Å²) in [4.78, 5) is 11.6. The first-order chi connectivity index (χ1) is 7.70. The van der Waals surface area contributed by atoms with Gasteiger partial charge in [-0.2, -0.15) is 0 Å². The number of hydrogen-bond donors (Lipinski definition) is 0. The first kappa shape index (κ1) is 10.9. The minimum Gasteiger partial charge on any atom is -0.463 e. The third-order valence-corrected chi connectivity index (χ3v) is 2.68. The smallest absolute Gasteiger partial charge is 0.336 e. The van der Waals surface area contributed by atoms with Crippen LogP contribution in [0, 0.1) is 0 Å². The lowest BCUT2D eigenvalue weighted by Gasteiger charge is -2.14. The monoisotopic (exact) mass is 218 g/mol. The van der Waals surface area contributed by atoms with Gasteiger partial charge in [0.15, 0.2) is 0 Å². The molecule has 1 saturated heterocycles. The lowest BCUT2D eigenvalue weighted by Crippen LogP contribution is -2.20. The fraction of sp³-hybridized carbons (Fsp3) is 0.308. The molecule has 1 heterocycles. The number of esters is 1. The van der Waals surface area contributed by atoms with Crippen molar-refractivity contribution in [1.29, 1.82) is 0 Å². The van der Waals surface area contributed by atoms with Gasteiger partial charge in [0, 0.05) is 0 Å². The number of epoxide rings is 1. The quantitative estimate of drug-likeness (QED) is 0.441. The van der Waals surface area contributed by atoms with E-state index in [1.807, 2.05) is 30.3 Å². The van der Waals surface area contributed by atoms with Crippen LogP contribution in [-0.4, -0.2) is 19.2 Å². The highest BCUT2D eigenvalue weighted by atomic mass is 16.6. The zero-order chi connectivity index (χ0) is 11.6. The van der Waals surface area contributed by atoms with Crippen LogP contribution in [0.15, 0.2) is 42.5 Å². The van der Waals surface area contributed by atoms with Crippen molar-refractivity contribution in [2.45, 2.75) is 12.5 Å². The minimum absolute atomic E-state index is 0.350. The topological polar surface area (TPSA) is 38.8 Å². The second-order valence-electron chi connectivity index (χ2n) is 3.68. The molecule has 0 spiro atoms. The van der Waals surface area contributed by atoms with Crippen LogP contribution in [0.3, 0.4) is 0 Å². The molecule has 0 aromatic heterocycles. The maximum absolute atomic E-state index is 11.6. The van der Waals surface area contributed by atoms with Crippen LogP contribution >= 0.6 is 0 Å². The van der Waals surface area contributed by atoms with Crippen LogP contribution < -0.4 is 0 Å². The van der Waals surface area contributed by atoms with Crippen molar-refractivity contribution >= 4 is 5.97 Å². The second kappa shape index (κ2) is 4.10. The van der Waals surface area contributed by atoms with E-state index in [0.29, 0.717) is 18.8 Å². The fourth-order valence-electron chi connectivity index (χ4n) is 1.68. The van der Waals surface area contributed by atoms with E-state index in [9.17, 15) is 4.79 Å². The molecule has 0 N–H and O–H groups in total. The Hall–Kier alpha value is -1.61. The van der Waals surface area contributed by atoms with Crippen LogP contribution in [0.4, 0.5) is 0 Å². The predicted molar refractivity (Wildman–Crippen MR) is 59.8 cm³/mol. The highest BCUT2D eigenvalue weighted by molar-refractivity contribution is 5.91. The van der Waals surface area contributed by atoms with Crippen LogP contribution in [-0.2, 0) is 19.9 Å². The van der Waals surface area contributed by atoms with Gasteiger partial charge in [-0.05, 0) is 12.5 Å². The SMILES string of the molecule is C=C(C(=O)OCC)C1(c2ccccc2)CO1. The highest BCUT2D eigenvalue weighted by Crippen LogP contribution is 2.44. The first-order valence-corrected chi connectivity index (χ1v) is 5.26. The molecular weight excluding hydrogens is 204 g/mol. The van der Waals surface area contributed by atoms with Crippen molar-refractivity contribution in [2.24, 2.45) is 0 Å². The molecule has 3 nitrogen and oxygen atoms in total. The molecular formula is C13H14O3. The number of benzene rings is 1. The Morgan fingerprint density at radius 3 is 2.62 bits per heavy atom. The largest absolute Gasteiger partial charge is 0.463 e. The Morgan fingerprint density at radius 2 is 2.12 bits per heavy atom. The predicted octanol–water partition coefficient (Wildman–Crippen LogP) is 2.03. The summed E-state index contributed by atoms with van der Waals surface area (Å²) in [5.41, 5.74) is 0.682. The van der Waals surface area contributed by atoms with Gasteiger partial charge in [0.2, 0.25) is 0 Å². The Balaban J connectivity index is 2.21. The molecule has 1 aliphatic heterocycles. The normalized spacial score (nSPS) is 22.6. The maximum Gasteiger partial charge on any atom is 0.336 e. The molecule has 2 rings (SSSR count). The molecule has 1 unspecified atom stereocenters. The van der Waals surface area contributed by atoms with E-state index in [4.69, 9.17) is 9.47 Å². The molecule has 1 aliphatic rings. The van der Waals surface area contributed by atoms with E-state index < -0.39 is 5.60 Å². The number of carbonyl (C=O) groups excluding carboxylic acids is 1. The zero-order valence-corrected chi connectivity index (χ0v) is 9.23. The summed E-state index contributed by atoms with van der Waals surface area (Å²) in [6, 6.07) is 9.61. The van der Waals surface area contributed by atoms with E-state index in [2.05, 4.69) is 6.58 Å². The van der Waals surface area contributed by atoms with Crippen molar-refractivity contribution < 1.29 is 14.3 Å². The van der Waals surface area contributed by atoms with Gasteiger partial charge in [-0.1, -0.05) is 36.9 Å². The standard InChI is InChI=1S/C13H14O3/c1-3-15-12(14)10(2)13(9-16-13)11-7-5-4-6-8-11/h4-8H,2-3,9H2,1H3. The van der Waals surface area contributed by atoms with Gasteiger partial charge in [0.1, 0.15) is 5.60 Å². The molecule has 0 radical (unpaired) electrons. The van der Waals surface area contributed by atoms with Crippen molar-refractivity contribution in [3.8, 4) is 0 Å². The van der Waals surface area contributed by atoms with Gasteiger partial charge >= 0.3 is 5.97 Å². The second-order valence-corrected chi connectivity index (χ2v) is 3.68. The average molecular weight is 218 g/mol. The summed E-state index contributed by atoms with van der Waals surface area (Å²) in [6.07, 6.45) is 0. The van der Waals surface area contributed by atoms with E-state index in [0.717, 1.165) is 5.56 Å². The van der Waals surface area contributed by atoms with Gasteiger partial charge in [0.25, 0.3) is 0 Å². The number of rotatable bonds is 4. The number of carbonyl (C=O) groups is 1. The van der Waals surface area contributed by atoms with Gasteiger partial charge in [-0.3, -0.25) is 0 Å². The molecule has 0 amide bonds. The van der Waals surface area contributed by atoms with E-state index in [1.165, 1.54) is 0 Å². The highest BCUT2D eigenvalue weighted by Gasteiger charge is 2.52. The van der Waals surface area contributed by atoms with Crippen molar-refractivity contribution in [1.82, 2.24) is 0 Å². The average Bonchev–Trinajstić information content (AvgIpc) is 3.11. The lowest BCUT2D eigenvalue weighted by atomic mass is 9.93. The number of hydrogen-bond acceptors (Lipinski definition) is 3. The molecule has 1 atom stereocenters. The van der Waals surface area contributed by atoms with Gasteiger partial charge in [-0.15, -0.1) is 0 Å². The summed E-state index contributed by atoms with van der Waals surface area (Å²) in [7, 11) is 0. The van der Waals surface area contributed by atoms with Crippen molar-refractivity contribution in [3.63, 3.8) is 0 Å². The Kier molecular flexibility index (Phi) is 2.79. The summed E-state index contributed by atoms with van der Waals surface area (Å²) < 4.78 is 10.3. The van der Waals surface area contributed by atoms with Crippen LogP contribution in [0.5, 0.6) is 0 Å². The molecule has 1 aromatic carbocycles. The summed E-state index contributed by atoms with van der Waals surface area (Å²) >= 11 is 0. The molecule has 16 heavy (non-hydrogen) atoms. The van der Waals surface area contributed by atoms with Crippen molar-refractivity contribution in [2.75, 3.05) is 13.2 Å². The Bertz CT molecular complexity index is 404. The van der Waals surface area contributed by atoms with Gasteiger partial charge in [0.05, 0.1) is 18.8 Å². The Morgan fingerprint density at radius 1 is 1.50 bits per heavy atom. The van der Waals surface area contributed by atoms with E-state index in [-0.39, 0.29) is 5.97 Å². The number of ether oxygens (including phenoxy) is 2. The summed E-state index contributed by atoms with van der Waals surface area (Å²) in [5, 5.41) is 0. The molecule has 1 aromatic rings. The van der Waals surface area contributed by atoms with Gasteiger partial charge in [-0.25, -0.2) is 4.79 Å². The lowest BCUT2D eigenvalue weighted by molar-refractivity contribution is -0.139. The van der Waals surface area contributed by atoms with E-state index in [1.54, 1.807) is 6.92 Å². The molecule has 84 valence electrons. The maximum atomic E-state index is 11.6. The third kappa shape index (κ3) is 1.74. The third-order valence-electron chi connectivity index (χ3n) is 2.68. The Labute approximate surface area is 94.7 Å². The van der Waals surface area contributed by atoms with Gasteiger partial charge < -0.3 is 9.47 Å². The van der Waals surface area contributed by atoms with E-state index >= 15 is 0 Å². The minimum atomic E-state index is -0.645. The fourth-order valence-corrected chi connectivity index (χ4v) is 1.68. The van der Waals surface area contributed by atoms with Crippen LogP contribution in [0.2, 0.25) is 0 Å². The summed E-state index contributed by atoms with van der Waals surface area (Å²) in [5.74, 6) is -0.385. The van der Waals surface area contributed by atoms with Crippen LogP contribution in [0.25, 0.3) is 0 Å². The zero-order valence-electron chi connectivity index (χ0n) is 9.23. The molecule has 0 aliphatic carbocycles. The molecule has 0 bridgehead atoms. The van der Waals surface area contributed by atoms with Crippen LogP contribution in [0.1, 0.15) is 12.5 Å².